The van der Waals surface area contributed by atoms with Gasteiger partial charge in [0.25, 0.3) is 0 Å². The summed E-state index contributed by atoms with van der Waals surface area (Å²) in [5.41, 5.74) is 2.01. The van der Waals surface area contributed by atoms with Gasteiger partial charge in [-0.1, -0.05) is 45.7 Å². The van der Waals surface area contributed by atoms with Crippen molar-refractivity contribution in [3.8, 4) is 0 Å². The predicted octanol–water partition coefficient (Wildman–Crippen LogP) is 5.10. The lowest BCUT2D eigenvalue weighted by atomic mass is 9.77. The Labute approximate surface area is 137 Å². The molecule has 0 bridgehead atoms. The SMILES string of the molecule is Fc1cc(Br)ccc1C1CCNCC1c1ccc(Cl)cc1. The minimum absolute atomic E-state index is 0.129. The maximum absolute atomic E-state index is 14.3. The van der Waals surface area contributed by atoms with Crippen LogP contribution in [-0.2, 0) is 0 Å². The van der Waals surface area contributed by atoms with Gasteiger partial charge in [0.05, 0.1) is 0 Å². The first kappa shape index (κ1) is 15.0. The van der Waals surface area contributed by atoms with E-state index in [2.05, 4.69) is 21.2 Å². The molecule has 0 amide bonds. The molecule has 2 aromatic rings. The Morgan fingerprint density at radius 1 is 1.10 bits per heavy atom. The van der Waals surface area contributed by atoms with Crippen molar-refractivity contribution in [2.24, 2.45) is 0 Å². The van der Waals surface area contributed by atoms with Crippen LogP contribution in [0.2, 0.25) is 5.02 Å². The van der Waals surface area contributed by atoms with Crippen molar-refractivity contribution in [1.29, 1.82) is 0 Å². The van der Waals surface area contributed by atoms with Crippen LogP contribution in [0, 0.1) is 5.82 Å². The molecular weight excluding hydrogens is 353 g/mol. The maximum atomic E-state index is 14.3. The summed E-state index contributed by atoms with van der Waals surface area (Å²) in [7, 11) is 0. The minimum Gasteiger partial charge on any atom is -0.316 e. The molecule has 2 unspecified atom stereocenters. The molecule has 21 heavy (non-hydrogen) atoms. The van der Waals surface area contributed by atoms with Gasteiger partial charge in [-0.15, -0.1) is 0 Å². The molecule has 1 fully saturated rings. The van der Waals surface area contributed by atoms with Crippen molar-refractivity contribution in [2.45, 2.75) is 18.3 Å². The highest BCUT2D eigenvalue weighted by Crippen LogP contribution is 2.39. The fourth-order valence-corrected chi connectivity index (χ4v) is 3.55. The third-order valence-electron chi connectivity index (χ3n) is 4.14. The highest BCUT2D eigenvalue weighted by atomic mass is 79.9. The number of rotatable bonds is 2. The molecule has 0 saturated carbocycles. The van der Waals surface area contributed by atoms with Gasteiger partial charge < -0.3 is 5.32 Å². The highest BCUT2D eigenvalue weighted by Gasteiger charge is 2.29. The van der Waals surface area contributed by atoms with Crippen molar-refractivity contribution in [1.82, 2.24) is 5.32 Å². The summed E-state index contributed by atoms with van der Waals surface area (Å²) in [5, 5.41) is 4.14. The molecule has 1 heterocycles. The van der Waals surface area contributed by atoms with Crippen molar-refractivity contribution in [3.05, 3.63) is 68.9 Å². The summed E-state index contributed by atoms with van der Waals surface area (Å²) in [5.74, 6) is 0.336. The fourth-order valence-electron chi connectivity index (χ4n) is 3.09. The van der Waals surface area contributed by atoms with Crippen LogP contribution in [0.4, 0.5) is 4.39 Å². The van der Waals surface area contributed by atoms with Gasteiger partial charge in [0, 0.05) is 22.0 Å². The van der Waals surface area contributed by atoms with Crippen molar-refractivity contribution in [2.75, 3.05) is 13.1 Å². The van der Waals surface area contributed by atoms with E-state index in [0.717, 1.165) is 34.6 Å². The molecule has 110 valence electrons. The Hall–Kier alpha value is -0.900. The van der Waals surface area contributed by atoms with E-state index in [-0.39, 0.29) is 17.7 Å². The van der Waals surface area contributed by atoms with Gasteiger partial charge in [0.15, 0.2) is 0 Å². The summed E-state index contributed by atoms with van der Waals surface area (Å²) >= 11 is 9.29. The third kappa shape index (κ3) is 3.31. The van der Waals surface area contributed by atoms with E-state index in [1.807, 2.05) is 36.4 Å². The molecule has 2 atom stereocenters. The van der Waals surface area contributed by atoms with Crippen molar-refractivity contribution in [3.63, 3.8) is 0 Å². The molecule has 2 aromatic carbocycles. The van der Waals surface area contributed by atoms with E-state index in [9.17, 15) is 4.39 Å². The second-order valence-corrected chi connectivity index (χ2v) is 6.78. The first-order valence-corrected chi connectivity index (χ1v) is 8.23. The molecule has 0 spiro atoms. The average molecular weight is 369 g/mol. The highest BCUT2D eigenvalue weighted by molar-refractivity contribution is 9.10. The van der Waals surface area contributed by atoms with E-state index < -0.39 is 0 Å². The van der Waals surface area contributed by atoms with Crippen LogP contribution < -0.4 is 5.32 Å². The first-order valence-electron chi connectivity index (χ1n) is 7.06. The number of piperidine rings is 1. The number of halogens is 3. The Kier molecular flexibility index (Phi) is 4.63. The topological polar surface area (TPSA) is 12.0 Å². The number of benzene rings is 2. The summed E-state index contributed by atoms with van der Waals surface area (Å²) in [6.45, 7) is 1.78. The van der Waals surface area contributed by atoms with E-state index in [1.54, 1.807) is 6.07 Å². The molecule has 1 N–H and O–H groups in total. The maximum Gasteiger partial charge on any atom is 0.127 e. The zero-order valence-electron chi connectivity index (χ0n) is 11.5. The van der Waals surface area contributed by atoms with Gasteiger partial charge in [0.1, 0.15) is 5.82 Å². The van der Waals surface area contributed by atoms with Crippen molar-refractivity contribution < 1.29 is 4.39 Å². The monoisotopic (exact) mass is 367 g/mol. The van der Waals surface area contributed by atoms with E-state index in [1.165, 1.54) is 5.56 Å². The Morgan fingerprint density at radius 3 is 2.57 bits per heavy atom. The Balaban J connectivity index is 1.96. The molecule has 0 aromatic heterocycles. The molecule has 0 radical (unpaired) electrons. The van der Waals surface area contributed by atoms with Gasteiger partial charge >= 0.3 is 0 Å². The third-order valence-corrected chi connectivity index (χ3v) is 4.89. The van der Waals surface area contributed by atoms with Gasteiger partial charge in [0.2, 0.25) is 0 Å². The second-order valence-electron chi connectivity index (χ2n) is 5.42. The van der Waals surface area contributed by atoms with Gasteiger partial charge in [-0.2, -0.15) is 0 Å². The fraction of sp³-hybridized carbons (Fsp3) is 0.294. The van der Waals surface area contributed by atoms with Crippen molar-refractivity contribution >= 4 is 27.5 Å². The summed E-state index contributed by atoms with van der Waals surface area (Å²) < 4.78 is 15.1. The lowest BCUT2D eigenvalue weighted by Crippen LogP contribution is -2.34. The molecule has 1 aliphatic rings. The average Bonchev–Trinajstić information content (AvgIpc) is 2.48. The first-order chi connectivity index (χ1) is 10.1. The molecular formula is C17H16BrClFN. The van der Waals surface area contributed by atoms with Crippen LogP contribution >= 0.6 is 27.5 Å². The van der Waals surface area contributed by atoms with Gasteiger partial charge in [-0.3, -0.25) is 0 Å². The number of hydrogen-bond donors (Lipinski definition) is 1. The Bertz CT molecular complexity index is 629. The van der Waals surface area contributed by atoms with Gasteiger partial charge in [-0.25, -0.2) is 4.39 Å². The second kappa shape index (κ2) is 6.47. The van der Waals surface area contributed by atoms with E-state index in [0.29, 0.717) is 0 Å². The van der Waals surface area contributed by atoms with Crippen LogP contribution in [0.5, 0.6) is 0 Å². The van der Waals surface area contributed by atoms with Crippen LogP contribution in [0.3, 0.4) is 0 Å². The largest absolute Gasteiger partial charge is 0.316 e. The number of nitrogens with one attached hydrogen (secondary N) is 1. The summed E-state index contributed by atoms with van der Waals surface area (Å²) in [6.07, 6.45) is 0.936. The van der Waals surface area contributed by atoms with Crippen LogP contribution in [-0.4, -0.2) is 13.1 Å². The van der Waals surface area contributed by atoms with Crippen LogP contribution in [0.1, 0.15) is 29.4 Å². The van der Waals surface area contributed by atoms with Crippen LogP contribution in [0.25, 0.3) is 0 Å². The zero-order valence-corrected chi connectivity index (χ0v) is 13.8. The lowest BCUT2D eigenvalue weighted by Gasteiger charge is -2.33. The normalized spacial score (nSPS) is 22.2. The van der Waals surface area contributed by atoms with Gasteiger partial charge in [-0.05, 0) is 54.3 Å². The molecule has 3 rings (SSSR count). The number of hydrogen-bond acceptors (Lipinski definition) is 1. The quantitative estimate of drug-likeness (QED) is 0.777. The Morgan fingerprint density at radius 2 is 1.86 bits per heavy atom. The van der Waals surface area contributed by atoms with E-state index >= 15 is 0 Å². The van der Waals surface area contributed by atoms with E-state index in [4.69, 9.17) is 11.6 Å². The molecule has 1 saturated heterocycles. The molecule has 1 aliphatic heterocycles. The predicted molar refractivity (Wildman–Crippen MR) is 88.5 cm³/mol. The minimum atomic E-state index is -0.129. The summed E-state index contributed by atoms with van der Waals surface area (Å²) in [6, 6.07) is 13.3. The lowest BCUT2D eigenvalue weighted by molar-refractivity contribution is 0.393. The molecule has 0 aliphatic carbocycles. The molecule has 4 heteroatoms. The summed E-state index contributed by atoms with van der Waals surface area (Å²) in [4.78, 5) is 0. The van der Waals surface area contributed by atoms with Crippen LogP contribution in [0.15, 0.2) is 46.9 Å². The standard InChI is InChI=1S/C17H16BrClFN/c18-12-3-6-15(17(20)9-12)14-7-8-21-10-16(14)11-1-4-13(19)5-2-11/h1-6,9,14,16,21H,7-8,10H2. The smallest absolute Gasteiger partial charge is 0.127 e. The zero-order chi connectivity index (χ0) is 14.8. The molecule has 1 nitrogen and oxygen atoms in total.